The predicted molar refractivity (Wildman–Crippen MR) is 57.9 cm³/mol. The first-order chi connectivity index (χ1) is 9.64. The second-order valence-corrected chi connectivity index (χ2v) is 3.53. The van der Waals surface area contributed by atoms with Gasteiger partial charge in [-0.15, -0.1) is 13.2 Å². The van der Waals surface area contributed by atoms with Crippen LogP contribution in [0.25, 0.3) is 0 Å². The predicted octanol–water partition coefficient (Wildman–Crippen LogP) is 2.13. The first kappa shape index (κ1) is 16.6. The van der Waals surface area contributed by atoms with Gasteiger partial charge in [0.15, 0.2) is 0 Å². The minimum Gasteiger partial charge on any atom is -0.466 e. The fourth-order valence-corrected chi connectivity index (χ4v) is 1.40. The van der Waals surface area contributed by atoms with Crippen molar-refractivity contribution in [2.45, 2.75) is 19.7 Å². The van der Waals surface area contributed by atoms with Crippen LogP contribution in [0.4, 0.5) is 23.4 Å². The summed E-state index contributed by atoms with van der Waals surface area (Å²) in [7, 11) is 0. The number of hydrogen-bond acceptors (Lipinski definition) is 6. The van der Waals surface area contributed by atoms with Gasteiger partial charge in [0.25, 0.3) is 0 Å². The van der Waals surface area contributed by atoms with Crippen molar-refractivity contribution in [3.8, 4) is 5.75 Å². The fraction of sp³-hybridized carbons (Fsp3) is 0.400. The summed E-state index contributed by atoms with van der Waals surface area (Å²) in [5.41, 5.74) is -0.822. The number of nitrogens with zero attached hydrogens (tertiary/aromatic N) is 2. The highest BCUT2D eigenvalue weighted by molar-refractivity contribution is 5.75. The van der Waals surface area contributed by atoms with Crippen molar-refractivity contribution < 1.29 is 36.8 Å². The molecule has 0 aliphatic carbocycles. The Labute approximate surface area is 114 Å². The van der Waals surface area contributed by atoms with Gasteiger partial charge in [-0.25, -0.2) is 0 Å². The van der Waals surface area contributed by atoms with Gasteiger partial charge < -0.3 is 19.6 Å². The molecule has 1 aromatic rings. The number of carbonyl (C=O) groups excluding carboxylic acids is 1. The quantitative estimate of drug-likeness (QED) is 0.272. The summed E-state index contributed by atoms with van der Waals surface area (Å²) in [5, 5.41) is 10.7. The van der Waals surface area contributed by atoms with E-state index in [1.807, 2.05) is 0 Å². The third kappa shape index (κ3) is 4.85. The number of esters is 1. The summed E-state index contributed by atoms with van der Waals surface area (Å²) < 4.78 is 57.7. The molecule has 116 valence electrons. The molecule has 21 heavy (non-hydrogen) atoms. The van der Waals surface area contributed by atoms with Crippen LogP contribution in [-0.4, -0.2) is 28.8 Å². The highest BCUT2D eigenvalue weighted by Crippen LogP contribution is 2.32. The molecule has 0 saturated heterocycles. The highest BCUT2D eigenvalue weighted by atomic mass is 19.4. The number of rotatable bonds is 5. The smallest absolute Gasteiger partial charge is 0.466 e. The average Bonchev–Trinajstić information content (AvgIpc) is 2.30. The third-order valence-corrected chi connectivity index (χ3v) is 2.06. The van der Waals surface area contributed by atoms with Crippen LogP contribution < -0.4 is 4.74 Å². The van der Waals surface area contributed by atoms with Gasteiger partial charge in [-0.1, -0.05) is 0 Å². The lowest BCUT2D eigenvalue weighted by atomic mass is 10.1. The molecule has 11 heteroatoms. The van der Waals surface area contributed by atoms with Crippen molar-refractivity contribution in [1.29, 1.82) is 0 Å². The van der Waals surface area contributed by atoms with E-state index in [0.29, 0.717) is 0 Å². The van der Waals surface area contributed by atoms with E-state index in [-0.39, 0.29) is 12.7 Å². The fourth-order valence-electron chi connectivity index (χ4n) is 1.40. The molecule has 0 bridgehead atoms. The second-order valence-electron chi connectivity index (χ2n) is 3.53. The molecule has 0 spiro atoms. The topological polar surface area (TPSA) is 91.6 Å². The monoisotopic (exact) mass is 312 g/mol. The van der Waals surface area contributed by atoms with Crippen molar-refractivity contribution in [3.05, 3.63) is 27.7 Å². The van der Waals surface area contributed by atoms with Gasteiger partial charge in [0.05, 0.1) is 19.1 Å². The summed E-state index contributed by atoms with van der Waals surface area (Å²) >= 11 is 0. The number of aromatic nitrogens is 1. The SMILES string of the molecule is CCOC(=O)Cc1c(OC(F)(F)F)cc(F)nc1[N+](=O)[O-]. The van der Waals surface area contributed by atoms with Crippen molar-refractivity contribution in [2.24, 2.45) is 0 Å². The minimum atomic E-state index is -5.22. The van der Waals surface area contributed by atoms with Crippen LogP contribution in [0.5, 0.6) is 5.75 Å². The number of nitro groups is 1. The summed E-state index contributed by atoms with van der Waals surface area (Å²) in [6, 6.07) is 0.203. The Hall–Kier alpha value is -2.46. The van der Waals surface area contributed by atoms with E-state index in [0.717, 1.165) is 0 Å². The molecule has 0 fully saturated rings. The molecule has 1 aromatic heterocycles. The molecule has 0 atom stereocenters. The van der Waals surface area contributed by atoms with Crippen LogP contribution in [0, 0.1) is 16.1 Å². The van der Waals surface area contributed by atoms with E-state index in [1.54, 1.807) is 0 Å². The average molecular weight is 312 g/mol. The maximum Gasteiger partial charge on any atom is 0.573 e. The lowest BCUT2D eigenvalue weighted by molar-refractivity contribution is -0.390. The van der Waals surface area contributed by atoms with E-state index in [4.69, 9.17) is 0 Å². The number of alkyl halides is 3. The number of carbonyl (C=O) groups is 1. The normalized spacial score (nSPS) is 11.1. The largest absolute Gasteiger partial charge is 0.573 e. The number of hydrogen-bond donors (Lipinski definition) is 0. The molecule has 0 aromatic carbocycles. The first-order valence-corrected chi connectivity index (χ1v) is 5.39. The number of pyridine rings is 1. The molecule has 1 heterocycles. The molecule has 7 nitrogen and oxygen atoms in total. The molecule has 0 N–H and O–H groups in total. The van der Waals surface area contributed by atoms with Crippen molar-refractivity contribution in [3.63, 3.8) is 0 Å². The van der Waals surface area contributed by atoms with Gasteiger partial charge in [-0.3, -0.25) is 4.79 Å². The summed E-state index contributed by atoms with van der Waals surface area (Å²) in [6.07, 6.45) is -6.13. The molecule has 1 rings (SSSR count). The highest BCUT2D eigenvalue weighted by Gasteiger charge is 2.36. The lowest BCUT2D eigenvalue weighted by Gasteiger charge is -2.12. The second kappa shape index (κ2) is 6.33. The van der Waals surface area contributed by atoms with Gasteiger partial charge in [-0.2, -0.15) is 4.39 Å². The summed E-state index contributed by atoms with van der Waals surface area (Å²) in [5.74, 6) is -5.05. The Morgan fingerprint density at radius 3 is 2.57 bits per heavy atom. The van der Waals surface area contributed by atoms with Crippen LogP contribution in [0.2, 0.25) is 0 Å². The molecular weight excluding hydrogens is 304 g/mol. The standard InChI is InChI=1S/C10H8F4N2O5/c1-2-20-8(17)3-5-6(21-10(12,13)14)4-7(11)15-9(5)16(18)19/h4H,2-3H2,1H3. The van der Waals surface area contributed by atoms with Crippen molar-refractivity contribution in [1.82, 2.24) is 4.98 Å². The first-order valence-electron chi connectivity index (χ1n) is 5.39. The van der Waals surface area contributed by atoms with Crippen LogP contribution in [0.15, 0.2) is 6.07 Å². The Bertz CT molecular complexity index is 561. The van der Waals surface area contributed by atoms with Gasteiger partial charge in [0.2, 0.25) is 0 Å². The molecule has 0 amide bonds. The minimum absolute atomic E-state index is 0.0866. The maximum atomic E-state index is 13.0. The Morgan fingerprint density at radius 1 is 1.48 bits per heavy atom. The van der Waals surface area contributed by atoms with Crippen molar-refractivity contribution >= 4 is 11.8 Å². The molecule has 0 radical (unpaired) electrons. The summed E-state index contributed by atoms with van der Waals surface area (Å²) in [4.78, 5) is 23.6. The zero-order chi connectivity index (χ0) is 16.2. The van der Waals surface area contributed by atoms with Crippen LogP contribution >= 0.6 is 0 Å². The molecule has 0 aliphatic rings. The lowest BCUT2D eigenvalue weighted by Crippen LogP contribution is -2.20. The van der Waals surface area contributed by atoms with Gasteiger partial charge in [-0.05, 0) is 16.8 Å². The van der Waals surface area contributed by atoms with Crippen molar-refractivity contribution in [2.75, 3.05) is 6.61 Å². The zero-order valence-electron chi connectivity index (χ0n) is 10.4. The van der Waals surface area contributed by atoms with E-state index in [2.05, 4.69) is 14.5 Å². The van der Waals surface area contributed by atoms with Gasteiger partial charge in [0, 0.05) is 0 Å². The van der Waals surface area contributed by atoms with Crippen LogP contribution in [-0.2, 0) is 16.0 Å². The molecule has 0 unspecified atom stereocenters. The Morgan fingerprint density at radius 2 is 2.10 bits per heavy atom. The van der Waals surface area contributed by atoms with Crippen LogP contribution in [0.3, 0.4) is 0 Å². The maximum absolute atomic E-state index is 13.0. The third-order valence-electron chi connectivity index (χ3n) is 2.06. The molecular formula is C10H8F4N2O5. The van der Waals surface area contributed by atoms with E-state index < -0.39 is 46.8 Å². The van der Waals surface area contributed by atoms with E-state index in [9.17, 15) is 32.5 Å². The van der Waals surface area contributed by atoms with Crippen LogP contribution in [0.1, 0.15) is 12.5 Å². The number of ether oxygens (including phenoxy) is 2. The number of halogens is 4. The van der Waals surface area contributed by atoms with E-state index >= 15 is 0 Å². The zero-order valence-corrected chi connectivity index (χ0v) is 10.4. The Balaban J connectivity index is 3.32. The van der Waals surface area contributed by atoms with Gasteiger partial charge in [0.1, 0.15) is 11.3 Å². The molecule has 0 saturated carbocycles. The van der Waals surface area contributed by atoms with Gasteiger partial charge >= 0.3 is 24.1 Å². The summed E-state index contributed by atoms with van der Waals surface area (Å²) in [6.45, 7) is 1.35. The Kier molecular flexibility index (Phi) is 5.00. The van der Waals surface area contributed by atoms with E-state index in [1.165, 1.54) is 6.92 Å². The molecule has 0 aliphatic heterocycles.